The highest BCUT2D eigenvalue weighted by Gasteiger charge is 2.15. The molecular formula is C15H18N2O2S. The fourth-order valence-corrected chi connectivity index (χ4v) is 3.24. The molecule has 0 atom stereocenters. The molecule has 0 aliphatic heterocycles. The van der Waals surface area contributed by atoms with Crippen LogP contribution >= 0.6 is 0 Å². The molecule has 0 fully saturated rings. The van der Waals surface area contributed by atoms with E-state index in [0.717, 1.165) is 16.7 Å². The Morgan fingerprint density at radius 3 is 2.10 bits per heavy atom. The van der Waals surface area contributed by atoms with E-state index in [4.69, 9.17) is 5.73 Å². The summed E-state index contributed by atoms with van der Waals surface area (Å²) in [7, 11) is -3.59. The van der Waals surface area contributed by atoms with Crippen molar-refractivity contribution < 1.29 is 8.42 Å². The third-order valence-corrected chi connectivity index (χ3v) is 4.40. The molecule has 0 unspecified atom stereocenters. The number of nitrogens with two attached hydrogens (primary N) is 1. The van der Waals surface area contributed by atoms with E-state index in [-0.39, 0.29) is 4.90 Å². The maximum Gasteiger partial charge on any atom is 0.261 e. The molecule has 20 heavy (non-hydrogen) atoms. The quantitative estimate of drug-likeness (QED) is 0.854. The number of aryl methyl sites for hydroxylation is 3. The van der Waals surface area contributed by atoms with E-state index < -0.39 is 10.0 Å². The lowest BCUT2D eigenvalue weighted by atomic mass is 10.2. The van der Waals surface area contributed by atoms with Gasteiger partial charge in [-0.05, 0) is 61.7 Å². The zero-order chi connectivity index (χ0) is 14.9. The Morgan fingerprint density at radius 2 is 1.55 bits per heavy atom. The number of hydrogen-bond acceptors (Lipinski definition) is 3. The number of hydrogen-bond donors (Lipinski definition) is 2. The monoisotopic (exact) mass is 290 g/mol. The fourth-order valence-electron chi connectivity index (χ4n) is 2.01. The molecule has 2 aromatic rings. The summed E-state index contributed by atoms with van der Waals surface area (Å²) in [5, 5.41) is 0. The molecule has 0 aliphatic rings. The van der Waals surface area contributed by atoms with E-state index in [1.807, 2.05) is 26.8 Å². The summed E-state index contributed by atoms with van der Waals surface area (Å²) in [6.07, 6.45) is 0. The van der Waals surface area contributed by atoms with Crippen LogP contribution in [0.25, 0.3) is 0 Å². The van der Waals surface area contributed by atoms with Crippen LogP contribution in [-0.4, -0.2) is 8.42 Å². The molecule has 0 spiro atoms. The van der Waals surface area contributed by atoms with Gasteiger partial charge in [-0.25, -0.2) is 8.42 Å². The summed E-state index contributed by atoms with van der Waals surface area (Å²) in [5.41, 5.74) is 9.56. The zero-order valence-electron chi connectivity index (χ0n) is 11.8. The van der Waals surface area contributed by atoms with Gasteiger partial charge in [0.25, 0.3) is 10.0 Å². The summed E-state index contributed by atoms with van der Waals surface area (Å²) in [5.74, 6) is 0. The fraction of sp³-hybridized carbons (Fsp3) is 0.200. The van der Waals surface area contributed by atoms with Crippen molar-refractivity contribution in [1.29, 1.82) is 0 Å². The molecule has 0 saturated heterocycles. The summed E-state index contributed by atoms with van der Waals surface area (Å²) < 4.78 is 27.2. The Morgan fingerprint density at radius 1 is 0.950 bits per heavy atom. The minimum Gasteiger partial charge on any atom is -0.398 e. The smallest absolute Gasteiger partial charge is 0.261 e. The molecule has 4 nitrogen and oxygen atoms in total. The number of nitrogen functional groups attached to an aromatic ring is 1. The normalized spacial score (nSPS) is 11.3. The van der Waals surface area contributed by atoms with Gasteiger partial charge in [0.05, 0.1) is 10.6 Å². The van der Waals surface area contributed by atoms with Gasteiger partial charge >= 0.3 is 0 Å². The van der Waals surface area contributed by atoms with Gasteiger partial charge in [0.1, 0.15) is 0 Å². The van der Waals surface area contributed by atoms with Gasteiger partial charge in [0.2, 0.25) is 0 Å². The molecule has 0 aromatic heterocycles. The van der Waals surface area contributed by atoms with E-state index in [0.29, 0.717) is 11.4 Å². The summed E-state index contributed by atoms with van der Waals surface area (Å²) in [6, 6.07) is 10.3. The van der Waals surface area contributed by atoms with E-state index >= 15 is 0 Å². The van der Waals surface area contributed by atoms with Crippen LogP contribution in [0.2, 0.25) is 0 Å². The summed E-state index contributed by atoms with van der Waals surface area (Å²) in [4.78, 5) is 0.258. The Balaban J connectivity index is 2.37. The van der Waals surface area contributed by atoms with Crippen molar-refractivity contribution >= 4 is 21.4 Å². The van der Waals surface area contributed by atoms with E-state index in [1.54, 1.807) is 30.3 Å². The first-order valence-electron chi connectivity index (χ1n) is 6.25. The molecule has 0 bridgehead atoms. The van der Waals surface area contributed by atoms with E-state index in [2.05, 4.69) is 4.72 Å². The highest BCUT2D eigenvalue weighted by Crippen LogP contribution is 2.21. The van der Waals surface area contributed by atoms with E-state index in [9.17, 15) is 8.42 Å². The van der Waals surface area contributed by atoms with Gasteiger partial charge in [0.15, 0.2) is 0 Å². The minimum absolute atomic E-state index is 0.258. The minimum atomic E-state index is -3.59. The maximum absolute atomic E-state index is 12.4. The summed E-state index contributed by atoms with van der Waals surface area (Å²) in [6.45, 7) is 5.61. The zero-order valence-corrected chi connectivity index (χ0v) is 12.6. The van der Waals surface area contributed by atoms with Gasteiger partial charge in [0, 0.05) is 5.69 Å². The van der Waals surface area contributed by atoms with Gasteiger partial charge in [-0.1, -0.05) is 12.1 Å². The molecule has 5 heteroatoms. The molecule has 0 amide bonds. The van der Waals surface area contributed by atoms with Gasteiger partial charge < -0.3 is 5.73 Å². The van der Waals surface area contributed by atoms with Crippen molar-refractivity contribution in [3.8, 4) is 0 Å². The lowest BCUT2D eigenvalue weighted by Crippen LogP contribution is -2.13. The predicted molar refractivity (Wildman–Crippen MR) is 82.3 cm³/mol. The topological polar surface area (TPSA) is 72.2 Å². The van der Waals surface area contributed by atoms with Crippen LogP contribution in [-0.2, 0) is 10.0 Å². The number of benzene rings is 2. The van der Waals surface area contributed by atoms with Crippen molar-refractivity contribution in [2.45, 2.75) is 25.7 Å². The first-order chi connectivity index (χ1) is 9.28. The van der Waals surface area contributed by atoms with Crippen molar-refractivity contribution in [2.24, 2.45) is 0 Å². The van der Waals surface area contributed by atoms with Crippen molar-refractivity contribution in [1.82, 2.24) is 0 Å². The number of rotatable bonds is 3. The molecular weight excluding hydrogens is 272 g/mol. The molecule has 3 N–H and O–H groups in total. The number of anilines is 2. The predicted octanol–water partition coefficient (Wildman–Crippen LogP) is 2.99. The molecule has 2 aromatic carbocycles. The van der Waals surface area contributed by atoms with Gasteiger partial charge in [-0.2, -0.15) is 0 Å². The van der Waals surface area contributed by atoms with Crippen molar-refractivity contribution in [3.05, 3.63) is 53.1 Å². The Bertz CT molecular complexity index is 732. The van der Waals surface area contributed by atoms with Gasteiger partial charge in [-0.3, -0.25) is 4.72 Å². The van der Waals surface area contributed by atoms with Gasteiger partial charge in [-0.15, -0.1) is 0 Å². The summed E-state index contributed by atoms with van der Waals surface area (Å²) >= 11 is 0. The SMILES string of the molecule is Cc1cc(C)cc(S(=O)(=O)Nc2ccc(C)c(N)c2)c1. The Kier molecular flexibility index (Phi) is 3.72. The van der Waals surface area contributed by atoms with Crippen molar-refractivity contribution in [3.63, 3.8) is 0 Å². The first kappa shape index (κ1) is 14.4. The molecule has 2 rings (SSSR count). The van der Waals surface area contributed by atoms with Crippen molar-refractivity contribution in [2.75, 3.05) is 10.5 Å². The van der Waals surface area contributed by atoms with Crippen LogP contribution in [0.3, 0.4) is 0 Å². The molecule has 0 aliphatic carbocycles. The van der Waals surface area contributed by atoms with Crippen LogP contribution in [0, 0.1) is 20.8 Å². The van der Waals surface area contributed by atoms with Crippen LogP contribution in [0.15, 0.2) is 41.3 Å². The highest BCUT2D eigenvalue weighted by atomic mass is 32.2. The number of nitrogens with one attached hydrogen (secondary N) is 1. The lowest BCUT2D eigenvalue weighted by molar-refractivity contribution is 0.601. The van der Waals surface area contributed by atoms with Crippen LogP contribution < -0.4 is 10.5 Å². The second-order valence-corrected chi connectivity index (χ2v) is 6.68. The molecule has 0 radical (unpaired) electrons. The Labute approximate surface area is 119 Å². The van der Waals surface area contributed by atoms with Crippen LogP contribution in [0.4, 0.5) is 11.4 Å². The second-order valence-electron chi connectivity index (χ2n) is 5.00. The number of sulfonamides is 1. The third kappa shape index (κ3) is 3.11. The molecule has 0 saturated carbocycles. The molecule has 0 heterocycles. The average molecular weight is 290 g/mol. The molecule has 106 valence electrons. The first-order valence-corrected chi connectivity index (χ1v) is 7.73. The third-order valence-electron chi connectivity index (χ3n) is 3.04. The Hall–Kier alpha value is -2.01. The second kappa shape index (κ2) is 5.17. The van der Waals surface area contributed by atoms with Crippen LogP contribution in [0.1, 0.15) is 16.7 Å². The van der Waals surface area contributed by atoms with Crippen LogP contribution in [0.5, 0.6) is 0 Å². The average Bonchev–Trinajstić information content (AvgIpc) is 2.32. The highest BCUT2D eigenvalue weighted by molar-refractivity contribution is 7.92. The maximum atomic E-state index is 12.4. The van der Waals surface area contributed by atoms with E-state index in [1.165, 1.54) is 0 Å². The largest absolute Gasteiger partial charge is 0.398 e. The lowest BCUT2D eigenvalue weighted by Gasteiger charge is -2.11. The standard InChI is InChI=1S/C15H18N2O2S/c1-10-6-11(2)8-14(7-10)20(18,19)17-13-5-4-12(3)15(16)9-13/h4-9,17H,16H2,1-3H3.